The molecular weight excluding hydrogens is 430 g/mol. The number of rotatable bonds is 6. The highest BCUT2D eigenvalue weighted by Gasteiger charge is 2.53. The first-order valence-electron chi connectivity index (χ1n) is 11.5. The summed E-state index contributed by atoms with van der Waals surface area (Å²) in [6.07, 6.45) is 5.88. The topological polar surface area (TPSA) is 97.3 Å². The highest BCUT2D eigenvalue weighted by Crippen LogP contribution is 2.55. The van der Waals surface area contributed by atoms with Gasteiger partial charge in [0.25, 0.3) is 5.91 Å². The number of alkyl carbamates (subject to hydrolysis) is 1. The van der Waals surface area contributed by atoms with Crippen molar-refractivity contribution < 1.29 is 14.3 Å². The lowest BCUT2D eigenvalue weighted by molar-refractivity contribution is 0.0719. The van der Waals surface area contributed by atoms with Crippen LogP contribution in [0, 0.1) is 12.3 Å². The average molecular weight is 458 g/mol. The molecule has 34 heavy (non-hydrogen) atoms. The molecule has 1 aromatic carbocycles. The van der Waals surface area contributed by atoms with Crippen LogP contribution in [0.5, 0.6) is 0 Å². The van der Waals surface area contributed by atoms with Gasteiger partial charge in [-0.25, -0.2) is 19.7 Å². The Labute approximate surface area is 198 Å². The first-order valence-corrected chi connectivity index (χ1v) is 11.5. The molecule has 1 saturated carbocycles. The Morgan fingerprint density at radius 2 is 1.85 bits per heavy atom. The van der Waals surface area contributed by atoms with E-state index in [9.17, 15) is 9.59 Å². The van der Waals surface area contributed by atoms with Gasteiger partial charge in [-0.3, -0.25) is 4.79 Å². The standard InChI is InChI=1S/C26H27N5O3/c1-18-8-9-21(23-27-12-5-13-28-23)22(30-18)24(32)31-17-26(10-11-26)14-20(31)15-29-25(33)34-16-19-6-3-2-4-7-19/h2-9,12-13,20H,10-11,14-17H2,1H3,(H,29,33)/t20-/m0/s1. The maximum absolute atomic E-state index is 13.7. The lowest BCUT2D eigenvalue weighted by atomic mass is 10.0. The van der Waals surface area contributed by atoms with E-state index in [1.807, 2.05) is 54.3 Å². The molecule has 5 rings (SSSR count). The molecule has 1 spiro atoms. The second kappa shape index (κ2) is 9.21. The van der Waals surface area contributed by atoms with Gasteiger partial charge in [-0.2, -0.15) is 0 Å². The van der Waals surface area contributed by atoms with Crippen molar-refractivity contribution in [1.29, 1.82) is 0 Å². The number of hydrogen-bond donors (Lipinski definition) is 1. The van der Waals surface area contributed by atoms with Crippen LogP contribution in [0.4, 0.5) is 4.79 Å². The van der Waals surface area contributed by atoms with Crippen molar-refractivity contribution in [2.75, 3.05) is 13.1 Å². The number of aryl methyl sites for hydroxylation is 1. The molecule has 1 atom stereocenters. The number of hydrogen-bond acceptors (Lipinski definition) is 6. The van der Waals surface area contributed by atoms with Gasteiger partial charge in [0, 0.05) is 31.2 Å². The minimum Gasteiger partial charge on any atom is -0.445 e. The Morgan fingerprint density at radius 3 is 2.59 bits per heavy atom. The number of amides is 2. The number of ether oxygens (including phenoxy) is 1. The third kappa shape index (κ3) is 4.76. The SMILES string of the molecule is Cc1ccc(-c2ncccn2)c(C(=O)N2CC3(CC3)C[C@H]2CNC(=O)OCc2ccccc2)n1. The molecule has 1 N–H and O–H groups in total. The Bertz CT molecular complexity index is 1180. The Morgan fingerprint density at radius 1 is 1.09 bits per heavy atom. The molecule has 174 valence electrons. The Kier molecular flexibility index (Phi) is 5.96. The maximum Gasteiger partial charge on any atom is 0.407 e. The van der Waals surface area contributed by atoms with Gasteiger partial charge in [-0.05, 0) is 55.4 Å². The quantitative estimate of drug-likeness (QED) is 0.605. The number of nitrogens with one attached hydrogen (secondary N) is 1. The maximum atomic E-state index is 13.7. The average Bonchev–Trinajstić information content (AvgIpc) is 3.53. The predicted octanol–water partition coefficient (Wildman–Crippen LogP) is 3.77. The summed E-state index contributed by atoms with van der Waals surface area (Å²) in [5.41, 5.74) is 2.79. The molecule has 8 heteroatoms. The Balaban J connectivity index is 1.30. The number of pyridine rings is 1. The van der Waals surface area contributed by atoms with Crippen LogP contribution in [0.2, 0.25) is 0 Å². The summed E-state index contributed by atoms with van der Waals surface area (Å²) in [6.45, 7) is 3.07. The minimum absolute atomic E-state index is 0.119. The number of aromatic nitrogens is 3. The monoisotopic (exact) mass is 457 g/mol. The van der Waals surface area contributed by atoms with Gasteiger partial charge in [0.2, 0.25) is 0 Å². The number of carbonyl (C=O) groups excluding carboxylic acids is 2. The van der Waals surface area contributed by atoms with E-state index in [0.717, 1.165) is 30.5 Å². The fraction of sp³-hybridized carbons (Fsp3) is 0.346. The summed E-state index contributed by atoms with van der Waals surface area (Å²) >= 11 is 0. The van der Waals surface area contributed by atoms with E-state index in [2.05, 4.69) is 20.3 Å². The molecule has 2 fully saturated rings. The van der Waals surface area contributed by atoms with Crippen LogP contribution in [-0.4, -0.2) is 51.0 Å². The van der Waals surface area contributed by atoms with Gasteiger partial charge in [-0.15, -0.1) is 0 Å². The summed E-state index contributed by atoms with van der Waals surface area (Å²) in [4.78, 5) is 41.1. The minimum atomic E-state index is -0.486. The van der Waals surface area contributed by atoms with Gasteiger partial charge < -0.3 is 15.0 Å². The second-order valence-corrected chi connectivity index (χ2v) is 9.15. The molecule has 3 aromatic rings. The second-order valence-electron chi connectivity index (χ2n) is 9.15. The highest BCUT2D eigenvalue weighted by atomic mass is 16.5. The fourth-order valence-electron chi connectivity index (χ4n) is 4.57. The summed E-state index contributed by atoms with van der Waals surface area (Å²) in [6, 6.07) is 14.9. The van der Waals surface area contributed by atoms with Crippen LogP contribution in [0.15, 0.2) is 60.9 Å². The van der Waals surface area contributed by atoms with Gasteiger partial charge >= 0.3 is 6.09 Å². The van der Waals surface area contributed by atoms with E-state index in [1.165, 1.54) is 0 Å². The summed E-state index contributed by atoms with van der Waals surface area (Å²) < 4.78 is 5.35. The molecule has 1 saturated heterocycles. The van der Waals surface area contributed by atoms with Crippen molar-refractivity contribution in [3.8, 4) is 11.4 Å². The van der Waals surface area contributed by atoms with Crippen molar-refractivity contribution in [3.63, 3.8) is 0 Å². The fourth-order valence-corrected chi connectivity index (χ4v) is 4.57. The third-order valence-electron chi connectivity index (χ3n) is 6.57. The number of carbonyl (C=O) groups is 2. The number of nitrogens with zero attached hydrogens (tertiary/aromatic N) is 4. The molecule has 2 aromatic heterocycles. The molecule has 2 amide bonds. The van der Waals surface area contributed by atoms with E-state index in [-0.39, 0.29) is 24.0 Å². The van der Waals surface area contributed by atoms with Crippen molar-refractivity contribution in [3.05, 3.63) is 77.9 Å². The molecule has 1 aliphatic carbocycles. The number of benzene rings is 1. The molecule has 3 heterocycles. The predicted molar refractivity (Wildman–Crippen MR) is 126 cm³/mol. The smallest absolute Gasteiger partial charge is 0.407 e. The molecule has 0 bridgehead atoms. The van der Waals surface area contributed by atoms with Crippen molar-refractivity contribution in [2.24, 2.45) is 5.41 Å². The molecule has 1 aliphatic heterocycles. The lowest BCUT2D eigenvalue weighted by Crippen LogP contribution is -2.43. The normalized spacial score (nSPS) is 18.0. The molecule has 8 nitrogen and oxygen atoms in total. The van der Waals surface area contributed by atoms with E-state index >= 15 is 0 Å². The van der Waals surface area contributed by atoms with E-state index < -0.39 is 6.09 Å². The molecular formula is C26H27N5O3. The molecule has 2 aliphatic rings. The van der Waals surface area contributed by atoms with Crippen LogP contribution in [0.25, 0.3) is 11.4 Å². The first-order chi connectivity index (χ1) is 16.5. The zero-order valence-corrected chi connectivity index (χ0v) is 19.1. The molecule has 0 radical (unpaired) electrons. The Hall–Kier alpha value is -3.81. The highest BCUT2D eigenvalue weighted by molar-refractivity contribution is 5.98. The zero-order chi connectivity index (χ0) is 23.5. The van der Waals surface area contributed by atoms with Gasteiger partial charge in [0.05, 0.1) is 11.6 Å². The van der Waals surface area contributed by atoms with Crippen LogP contribution >= 0.6 is 0 Å². The number of likely N-dealkylation sites (tertiary alicyclic amines) is 1. The van der Waals surface area contributed by atoms with Crippen LogP contribution in [0.3, 0.4) is 0 Å². The summed E-state index contributed by atoms with van der Waals surface area (Å²) in [5.74, 6) is 0.317. The third-order valence-corrected chi connectivity index (χ3v) is 6.57. The van der Waals surface area contributed by atoms with Crippen LogP contribution < -0.4 is 5.32 Å². The largest absolute Gasteiger partial charge is 0.445 e. The first kappa shape index (κ1) is 22.0. The van der Waals surface area contributed by atoms with E-state index in [0.29, 0.717) is 30.2 Å². The molecule has 0 unspecified atom stereocenters. The zero-order valence-electron chi connectivity index (χ0n) is 19.1. The van der Waals surface area contributed by atoms with Gasteiger partial charge in [0.15, 0.2) is 5.82 Å². The van der Waals surface area contributed by atoms with Crippen molar-refractivity contribution >= 4 is 12.0 Å². The van der Waals surface area contributed by atoms with E-state index in [1.54, 1.807) is 18.5 Å². The van der Waals surface area contributed by atoms with Crippen molar-refractivity contribution in [1.82, 2.24) is 25.2 Å². The lowest BCUT2D eigenvalue weighted by Gasteiger charge is -2.25. The summed E-state index contributed by atoms with van der Waals surface area (Å²) in [5, 5.41) is 2.85. The summed E-state index contributed by atoms with van der Waals surface area (Å²) in [7, 11) is 0. The van der Waals surface area contributed by atoms with Crippen molar-refractivity contribution in [2.45, 2.75) is 38.8 Å². The van der Waals surface area contributed by atoms with Crippen LogP contribution in [0.1, 0.15) is 41.0 Å². The van der Waals surface area contributed by atoms with Gasteiger partial charge in [0.1, 0.15) is 12.3 Å². The van der Waals surface area contributed by atoms with Crippen LogP contribution in [-0.2, 0) is 11.3 Å². The van der Waals surface area contributed by atoms with E-state index in [4.69, 9.17) is 4.74 Å². The van der Waals surface area contributed by atoms with Gasteiger partial charge in [-0.1, -0.05) is 30.3 Å².